The summed E-state index contributed by atoms with van der Waals surface area (Å²) in [5, 5.41) is 7.29. The maximum absolute atomic E-state index is 13.2. The van der Waals surface area contributed by atoms with Crippen molar-refractivity contribution in [1.82, 2.24) is 19.2 Å². The minimum atomic E-state index is -0.382. The molecule has 5 rings (SSSR count). The lowest BCUT2D eigenvalue weighted by atomic mass is 10.3. The highest BCUT2D eigenvalue weighted by Crippen LogP contribution is 2.23. The zero-order valence-electron chi connectivity index (χ0n) is 16.5. The SMILES string of the molecule is O=C(Cn1nc2c(N3CCOCC3)nc3ccccc3n2c1=O)Nc1cccc(Br)c1. The normalized spacial score (nSPS) is 14.3. The van der Waals surface area contributed by atoms with Crippen LogP contribution < -0.4 is 15.9 Å². The first-order valence-corrected chi connectivity index (χ1v) is 10.7. The lowest BCUT2D eigenvalue weighted by molar-refractivity contribution is -0.117. The van der Waals surface area contributed by atoms with Crippen LogP contribution in [0.3, 0.4) is 0 Å². The molecule has 9 nitrogen and oxygen atoms in total. The number of aromatic nitrogens is 4. The van der Waals surface area contributed by atoms with E-state index >= 15 is 0 Å². The number of rotatable bonds is 4. The lowest BCUT2D eigenvalue weighted by Gasteiger charge is -2.27. The van der Waals surface area contributed by atoms with E-state index in [0.29, 0.717) is 54.5 Å². The number of fused-ring (bicyclic) bond motifs is 3. The van der Waals surface area contributed by atoms with Crippen LogP contribution in [0.5, 0.6) is 0 Å². The smallest absolute Gasteiger partial charge is 0.351 e. The predicted molar refractivity (Wildman–Crippen MR) is 121 cm³/mol. The van der Waals surface area contributed by atoms with Crippen molar-refractivity contribution in [1.29, 1.82) is 0 Å². The maximum atomic E-state index is 13.2. The van der Waals surface area contributed by atoms with Gasteiger partial charge in [0.25, 0.3) is 0 Å². The van der Waals surface area contributed by atoms with E-state index in [1.165, 1.54) is 9.08 Å². The highest BCUT2D eigenvalue weighted by Gasteiger charge is 2.22. The maximum Gasteiger partial charge on any atom is 0.351 e. The molecule has 2 aromatic heterocycles. The average molecular weight is 483 g/mol. The molecule has 0 atom stereocenters. The van der Waals surface area contributed by atoms with E-state index in [-0.39, 0.29) is 18.1 Å². The van der Waals surface area contributed by atoms with Gasteiger partial charge in [0.05, 0.1) is 24.2 Å². The van der Waals surface area contributed by atoms with Gasteiger partial charge in [-0.25, -0.2) is 18.9 Å². The van der Waals surface area contributed by atoms with Crippen molar-refractivity contribution in [2.45, 2.75) is 6.54 Å². The molecule has 1 aliphatic rings. The van der Waals surface area contributed by atoms with Gasteiger partial charge in [-0.2, -0.15) is 0 Å². The molecule has 0 unspecified atom stereocenters. The Kier molecular flexibility index (Phi) is 5.16. The third kappa shape index (κ3) is 3.79. The second-order valence-corrected chi connectivity index (χ2v) is 8.10. The number of morpholine rings is 1. The number of ether oxygens (including phenoxy) is 1. The molecule has 0 bridgehead atoms. The zero-order valence-corrected chi connectivity index (χ0v) is 18.1. The topological polar surface area (TPSA) is 93.8 Å². The number of carbonyl (C=O) groups is 1. The standard InChI is InChI=1S/C21H19BrN6O3/c22-14-4-3-5-15(12-14)23-18(29)13-27-21(30)28-17-7-2-1-6-16(17)24-19(20(28)25-27)26-8-10-31-11-9-26/h1-7,12H,8-11,13H2,(H,23,29). The summed E-state index contributed by atoms with van der Waals surface area (Å²) in [5.41, 5.74) is 2.03. The van der Waals surface area contributed by atoms with Gasteiger partial charge in [0, 0.05) is 23.2 Å². The Bertz CT molecular complexity index is 1340. The van der Waals surface area contributed by atoms with Crippen LogP contribution in [0.4, 0.5) is 11.5 Å². The molecule has 0 radical (unpaired) electrons. The molecule has 1 amide bonds. The number of benzene rings is 2. The van der Waals surface area contributed by atoms with Crippen LogP contribution >= 0.6 is 15.9 Å². The van der Waals surface area contributed by atoms with Gasteiger partial charge in [0.15, 0.2) is 5.82 Å². The number of para-hydroxylation sites is 2. The Hall–Kier alpha value is -3.24. The number of anilines is 2. The van der Waals surface area contributed by atoms with E-state index in [1.807, 2.05) is 36.4 Å². The van der Waals surface area contributed by atoms with Crippen LogP contribution in [0.15, 0.2) is 57.8 Å². The van der Waals surface area contributed by atoms with Crippen molar-refractivity contribution in [3.05, 3.63) is 63.5 Å². The highest BCUT2D eigenvalue weighted by atomic mass is 79.9. The van der Waals surface area contributed by atoms with Gasteiger partial charge < -0.3 is 15.0 Å². The van der Waals surface area contributed by atoms with Gasteiger partial charge in [0.1, 0.15) is 6.54 Å². The van der Waals surface area contributed by atoms with Crippen LogP contribution in [-0.4, -0.2) is 51.4 Å². The van der Waals surface area contributed by atoms with Crippen molar-refractivity contribution in [3.8, 4) is 0 Å². The van der Waals surface area contributed by atoms with E-state index in [0.717, 1.165) is 4.47 Å². The molecule has 1 saturated heterocycles. The third-order valence-corrected chi connectivity index (χ3v) is 5.59. The number of hydrogen-bond acceptors (Lipinski definition) is 6. The summed E-state index contributed by atoms with van der Waals surface area (Å²) in [7, 11) is 0. The summed E-state index contributed by atoms with van der Waals surface area (Å²) in [6, 6.07) is 14.7. The quantitative estimate of drug-likeness (QED) is 0.479. The van der Waals surface area contributed by atoms with Crippen LogP contribution in [0, 0.1) is 0 Å². The summed E-state index contributed by atoms with van der Waals surface area (Å²) < 4.78 is 9.01. The predicted octanol–water partition coefficient (Wildman–Crippen LogP) is 2.28. The summed E-state index contributed by atoms with van der Waals surface area (Å²) in [5.74, 6) is 0.277. The third-order valence-electron chi connectivity index (χ3n) is 5.10. The Balaban J connectivity index is 1.56. The molecule has 4 aromatic rings. The first-order valence-electron chi connectivity index (χ1n) is 9.86. The minimum Gasteiger partial charge on any atom is -0.378 e. The minimum absolute atomic E-state index is 0.204. The number of halogens is 1. The van der Waals surface area contributed by atoms with Crippen molar-refractivity contribution in [2.75, 3.05) is 36.5 Å². The van der Waals surface area contributed by atoms with Crippen molar-refractivity contribution in [3.63, 3.8) is 0 Å². The Morgan fingerprint density at radius 3 is 2.74 bits per heavy atom. The lowest BCUT2D eigenvalue weighted by Crippen LogP contribution is -2.37. The number of hydrogen-bond donors (Lipinski definition) is 1. The second-order valence-electron chi connectivity index (χ2n) is 7.18. The number of carbonyl (C=O) groups excluding carboxylic acids is 1. The molecule has 3 heterocycles. The summed E-state index contributed by atoms with van der Waals surface area (Å²) in [6.07, 6.45) is 0. The first kappa shape index (κ1) is 19.7. The fraction of sp³-hybridized carbons (Fsp3) is 0.238. The van der Waals surface area contributed by atoms with Crippen LogP contribution in [0.2, 0.25) is 0 Å². The van der Waals surface area contributed by atoms with Crippen LogP contribution in [0.25, 0.3) is 16.7 Å². The molecule has 1 N–H and O–H groups in total. The summed E-state index contributed by atoms with van der Waals surface area (Å²) in [6.45, 7) is 2.28. The molecule has 0 spiro atoms. The number of nitrogens with one attached hydrogen (secondary N) is 1. The molecule has 0 aliphatic carbocycles. The molecule has 0 saturated carbocycles. The summed E-state index contributed by atoms with van der Waals surface area (Å²) >= 11 is 3.38. The van der Waals surface area contributed by atoms with E-state index < -0.39 is 0 Å². The monoisotopic (exact) mass is 482 g/mol. The van der Waals surface area contributed by atoms with Crippen LogP contribution in [0.1, 0.15) is 0 Å². The Morgan fingerprint density at radius 1 is 1.13 bits per heavy atom. The van der Waals surface area contributed by atoms with Gasteiger partial charge in [-0.15, -0.1) is 5.10 Å². The van der Waals surface area contributed by atoms with Gasteiger partial charge in [0.2, 0.25) is 11.6 Å². The van der Waals surface area contributed by atoms with Crippen molar-refractivity contribution in [2.24, 2.45) is 0 Å². The summed E-state index contributed by atoms with van der Waals surface area (Å²) in [4.78, 5) is 32.6. The average Bonchev–Trinajstić information content (AvgIpc) is 3.10. The molecular weight excluding hydrogens is 464 g/mol. The highest BCUT2D eigenvalue weighted by molar-refractivity contribution is 9.10. The van der Waals surface area contributed by atoms with E-state index in [4.69, 9.17) is 9.72 Å². The molecule has 158 valence electrons. The van der Waals surface area contributed by atoms with Gasteiger partial charge in [-0.3, -0.25) is 4.79 Å². The van der Waals surface area contributed by atoms with Crippen molar-refractivity contribution >= 4 is 50.0 Å². The van der Waals surface area contributed by atoms with E-state index in [1.54, 1.807) is 12.1 Å². The largest absolute Gasteiger partial charge is 0.378 e. The Labute approximate surface area is 185 Å². The molecular formula is C21H19BrN6O3. The van der Waals surface area contributed by atoms with Gasteiger partial charge in [-0.1, -0.05) is 34.1 Å². The molecule has 2 aromatic carbocycles. The zero-order chi connectivity index (χ0) is 21.4. The second kappa shape index (κ2) is 8.12. The number of nitrogens with zero attached hydrogens (tertiary/aromatic N) is 5. The Morgan fingerprint density at radius 2 is 1.94 bits per heavy atom. The van der Waals surface area contributed by atoms with Crippen molar-refractivity contribution < 1.29 is 9.53 Å². The fourth-order valence-electron chi connectivity index (χ4n) is 3.67. The molecule has 31 heavy (non-hydrogen) atoms. The molecule has 1 aliphatic heterocycles. The van der Waals surface area contributed by atoms with Gasteiger partial charge in [-0.05, 0) is 30.3 Å². The molecule has 10 heteroatoms. The van der Waals surface area contributed by atoms with E-state index in [2.05, 4.69) is 31.2 Å². The van der Waals surface area contributed by atoms with Gasteiger partial charge >= 0.3 is 5.69 Å². The fourth-order valence-corrected chi connectivity index (χ4v) is 4.07. The van der Waals surface area contributed by atoms with E-state index in [9.17, 15) is 9.59 Å². The van der Waals surface area contributed by atoms with Crippen LogP contribution in [-0.2, 0) is 16.1 Å². The number of amides is 1. The first-order chi connectivity index (χ1) is 15.1. The molecule has 1 fully saturated rings.